The second-order valence-corrected chi connectivity index (χ2v) is 9.46. The molecule has 0 radical (unpaired) electrons. The lowest BCUT2D eigenvalue weighted by molar-refractivity contribution is 0.0210. The van der Waals surface area contributed by atoms with Gasteiger partial charge in [0.15, 0.2) is 0 Å². The second kappa shape index (κ2) is 8.79. The van der Waals surface area contributed by atoms with Crippen LogP contribution in [-0.2, 0) is 11.3 Å². The third kappa shape index (κ3) is 5.31. The fourth-order valence-corrected chi connectivity index (χ4v) is 3.96. The number of para-hydroxylation sites is 2. The highest BCUT2D eigenvalue weighted by Crippen LogP contribution is 2.24. The molecule has 1 aromatic heterocycles. The zero-order valence-electron chi connectivity index (χ0n) is 18.3. The summed E-state index contributed by atoms with van der Waals surface area (Å²) in [6.45, 7) is 7.73. The molecule has 2 heterocycles. The molecule has 6 nitrogen and oxygen atoms in total. The monoisotopic (exact) mass is 440 g/mol. The number of carbonyl (C=O) groups excluding carboxylic acids is 1. The number of imidazole rings is 1. The molecule has 1 saturated heterocycles. The van der Waals surface area contributed by atoms with Crippen molar-refractivity contribution in [2.45, 2.75) is 51.8 Å². The number of nitrogens with one attached hydrogen (secondary N) is 1. The highest BCUT2D eigenvalue weighted by atomic mass is 35.5. The van der Waals surface area contributed by atoms with E-state index in [1.807, 2.05) is 63.2 Å². The Morgan fingerprint density at radius 2 is 1.81 bits per heavy atom. The van der Waals surface area contributed by atoms with Crippen LogP contribution in [0.4, 0.5) is 10.7 Å². The molecule has 0 atom stereocenters. The van der Waals surface area contributed by atoms with E-state index in [0.29, 0.717) is 19.6 Å². The number of benzene rings is 2. The summed E-state index contributed by atoms with van der Waals surface area (Å²) in [5, 5.41) is 4.36. The van der Waals surface area contributed by atoms with Crippen molar-refractivity contribution in [1.82, 2.24) is 14.5 Å². The van der Waals surface area contributed by atoms with Crippen LogP contribution >= 0.6 is 11.6 Å². The first-order chi connectivity index (χ1) is 14.8. The molecule has 0 bridgehead atoms. The van der Waals surface area contributed by atoms with Crippen molar-refractivity contribution < 1.29 is 9.53 Å². The van der Waals surface area contributed by atoms with Gasteiger partial charge in [0.1, 0.15) is 5.60 Å². The average Bonchev–Trinajstić information content (AvgIpc) is 3.06. The molecule has 0 aliphatic carbocycles. The normalized spacial score (nSPS) is 15.3. The fourth-order valence-electron chi connectivity index (χ4n) is 3.83. The van der Waals surface area contributed by atoms with Gasteiger partial charge in [-0.2, -0.15) is 0 Å². The largest absolute Gasteiger partial charge is 0.444 e. The Hall–Kier alpha value is -2.73. The van der Waals surface area contributed by atoms with Crippen molar-refractivity contribution in [3.8, 4) is 0 Å². The molecule has 4 rings (SSSR count). The van der Waals surface area contributed by atoms with Crippen molar-refractivity contribution >= 4 is 34.7 Å². The van der Waals surface area contributed by atoms with Crippen LogP contribution in [0.5, 0.6) is 0 Å². The van der Waals surface area contributed by atoms with Crippen molar-refractivity contribution in [1.29, 1.82) is 0 Å². The maximum atomic E-state index is 12.3. The molecule has 1 N–H and O–H groups in total. The van der Waals surface area contributed by atoms with E-state index in [0.717, 1.165) is 40.4 Å². The molecule has 1 amide bonds. The first kappa shape index (κ1) is 21.5. The van der Waals surface area contributed by atoms with E-state index in [-0.39, 0.29) is 12.1 Å². The number of hydrogen-bond acceptors (Lipinski definition) is 4. The van der Waals surface area contributed by atoms with Crippen LogP contribution in [0, 0.1) is 0 Å². The third-order valence-electron chi connectivity index (χ3n) is 5.39. The van der Waals surface area contributed by atoms with Crippen molar-refractivity contribution in [2.75, 3.05) is 18.4 Å². The fraction of sp³-hybridized carbons (Fsp3) is 0.417. The van der Waals surface area contributed by atoms with Gasteiger partial charge < -0.3 is 19.5 Å². The number of rotatable bonds is 4. The second-order valence-electron chi connectivity index (χ2n) is 9.02. The molecule has 1 fully saturated rings. The maximum Gasteiger partial charge on any atom is 0.410 e. The summed E-state index contributed by atoms with van der Waals surface area (Å²) in [7, 11) is 0. The molecule has 0 saturated carbocycles. The van der Waals surface area contributed by atoms with Crippen LogP contribution in [0.15, 0.2) is 48.5 Å². The predicted molar refractivity (Wildman–Crippen MR) is 125 cm³/mol. The van der Waals surface area contributed by atoms with E-state index in [1.165, 1.54) is 0 Å². The van der Waals surface area contributed by atoms with Gasteiger partial charge in [0.05, 0.1) is 17.6 Å². The van der Waals surface area contributed by atoms with E-state index in [1.54, 1.807) is 4.90 Å². The number of hydrogen-bond donors (Lipinski definition) is 1. The highest BCUT2D eigenvalue weighted by molar-refractivity contribution is 6.30. The minimum Gasteiger partial charge on any atom is -0.444 e. The summed E-state index contributed by atoms with van der Waals surface area (Å²) in [6.07, 6.45) is 1.47. The summed E-state index contributed by atoms with van der Waals surface area (Å²) in [5.41, 5.74) is 2.74. The Labute approximate surface area is 188 Å². The highest BCUT2D eigenvalue weighted by Gasteiger charge is 2.27. The Morgan fingerprint density at radius 3 is 2.48 bits per heavy atom. The van der Waals surface area contributed by atoms with E-state index >= 15 is 0 Å². The summed E-state index contributed by atoms with van der Waals surface area (Å²) in [5.74, 6) is 0.854. The molecular weight excluding hydrogens is 412 g/mol. The summed E-state index contributed by atoms with van der Waals surface area (Å²) >= 11 is 6.05. The van der Waals surface area contributed by atoms with Crippen LogP contribution in [0.2, 0.25) is 5.02 Å². The minimum atomic E-state index is -0.474. The van der Waals surface area contributed by atoms with E-state index in [4.69, 9.17) is 21.3 Å². The van der Waals surface area contributed by atoms with Crippen LogP contribution in [-0.4, -0.2) is 45.3 Å². The number of nitrogens with zero attached hydrogens (tertiary/aromatic N) is 3. The maximum absolute atomic E-state index is 12.3. The minimum absolute atomic E-state index is 0.235. The molecule has 1 aliphatic rings. The average molecular weight is 441 g/mol. The molecule has 164 valence electrons. The standard InChI is InChI=1S/C24H29ClN4O2/c1-24(2,3)31-23(30)28-14-12-19(13-15-28)26-22-27-20-6-4-5-7-21(20)29(22)16-17-8-10-18(25)11-9-17/h4-11,19H,12-16H2,1-3H3,(H,26,27). The van der Waals surface area contributed by atoms with Crippen LogP contribution < -0.4 is 5.32 Å². The number of anilines is 1. The number of carbonyl (C=O) groups is 1. The summed E-state index contributed by atoms with van der Waals surface area (Å²) in [6, 6.07) is 16.3. The van der Waals surface area contributed by atoms with Crippen LogP contribution in [0.25, 0.3) is 11.0 Å². The molecule has 3 aromatic rings. The van der Waals surface area contributed by atoms with Gasteiger partial charge in [-0.3, -0.25) is 0 Å². The Balaban J connectivity index is 1.47. The molecule has 31 heavy (non-hydrogen) atoms. The lowest BCUT2D eigenvalue weighted by Gasteiger charge is -2.34. The van der Waals surface area contributed by atoms with E-state index in [2.05, 4.69) is 16.0 Å². The number of aromatic nitrogens is 2. The first-order valence-corrected chi connectivity index (χ1v) is 11.1. The number of likely N-dealkylation sites (tertiary alicyclic amines) is 1. The van der Waals surface area contributed by atoms with Crippen molar-refractivity contribution in [3.05, 3.63) is 59.1 Å². The Kier molecular flexibility index (Phi) is 6.10. The number of halogens is 1. The topological polar surface area (TPSA) is 59.4 Å². The van der Waals surface area contributed by atoms with E-state index < -0.39 is 5.60 Å². The van der Waals surface area contributed by atoms with Gasteiger partial charge in [-0.1, -0.05) is 35.9 Å². The van der Waals surface area contributed by atoms with Gasteiger partial charge in [-0.15, -0.1) is 0 Å². The van der Waals surface area contributed by atoms with Gasteiger partial charge in [0.25, 0.3) is 0 Å². The lowest BCUT2D eigenvalue weighted by Crippen LogP contribution is -2.44. The quantitative estimate of drug-likeness (QED) is 0.577. The molecule has 0 spiro atoms. The summed E-state index contributed by atoms with van der Waals surface area (Å²) in [4.78, 5) is 19.0. The van der Waals surface area contributed by atoms with Gasteiger partial charge in [0.2, 0.25) is 5.95 Å². The third-order valence-corrected chi connectivity index (χ3v) is 5.64. The molecule has 0 unspecified atom stereocenters. The Bertz CT molecular complexity index is 1050. The van der Waals surface area contributed by atoms with Crippen molar-refractivity contribution in [2.24, 2.45) is 0 Å². The van der Waals surface area contributed by atoms with Crippen LogP contribution in [0.1, 0.15) is 39.2 Å². The predicted octanol–water partition coefficient (Wildman–Crippen LogP) is 5.55. The number of fused-ring (bicyclic) bond motifs is 1. The molecule has 1 aliphatic heterocycles. The number of ether oxygens (including phenoxy) is 1. The lowest BCUT2D eigenvalue weighted by atomic mass is 10.1. The van der Waals surface area contributed by atoms with Gasteiger partial charge >= 0.3 is 6.09 Å². The first-order valence-electron chi connectivity index (χ1n) is 10.7. The van der Waals surface area contributed by atoms with Gasteiger partial charge in [-0.05, 0) is 63.4 Å². The number of amides is 1. The van der Waals surface area contributed by atoms with Gasteiger partial charge in [0, 0.05) is 24.2 Å². The Morgan fingerprint density at radius 1 is 1.13 bits per heavy atom. The zero-order valence-corrected chi connectivity index (χ0v) is 19.0. The smallest absolute Gasteiger partial charge is 0.410 e. The molecule has 7 heteroatoms. The number of piperidine rings is 1. The SMILES string of the molecule is CC(C)(C)OC(=O)N1CCC(Nc2nc3ccccc3n2Cc2ccc(Cl)cc2)CC1. The molecular formula is C24H29ClN4O2. The van der Waals surface area contributed by atoms with Crippen molar-refractivity contribution in [3.63, 3.8) is 0 Å². The van der Waals surface area contributed by atoms with Crippen LogP contribution in [0.3, 0.4) is 0 Å². The van der Waals surface area contributed by atoms with Gasteiger partial charge in [-0.25, -0.2) is 9.78 Å². The van der Waals surface area contributed by atoms with E-state index in [9.17, 15) is 4.79 Å². The summed E-state index contributed by atoms with van der Waals surface area (Å²) < 4.78 is 7.71. The molecule has 2 aromatic carbocycles. The zero-order chi connectivity index (χ0) is 22.0.